The quantitative estimate of drug-likeness (QED) is 0.516. The van der Waals surface area contributed by atoms with Gasteiger partial charge >= 0.3 is 0 Å². The number of nitrogens with one attached hydrogen (secondary N) is 1. The molecule has 2 aromatic carbocycles. The topological polar surface area (TPSA) is 73.2 Å². The van der Waals surface area contributed by atoms with Crippen molar-refractivity contribution in [3.63, 3.8) is 0 Å². The van der Waals surface area contributed by atoms with Crippen LogP contribution in [0.25, 0.3) is 21.1 Å². The zero-order chi connectivity index (χ0) is 21.6. The normalized spacial score (nSPS) is 12.3. The van der Waals surface area contributed by atoms with Crippen molar-refractivity contribution in [3.05, 3.63) is 63.4 Å². The highest BCUT2D eigenvalue weighted by atomic mass is 32.1. The number of aryl methyl sites for hydroxylation is 3. The summed E-state index contributed by atoms with van der Waals surface area (Å²) in [6.07, 6.45) is 0. The molecular weight excluding hydrogens is 398 g/mol. The third-order valence-corrected chi connectivity index (χ3v) is 6.21. The minimum Gasteiger partial charge on any atom is -0.497 e. The fourth-order valence-corrected chi connectivity index (χ4v) is 4.72. The number of pyridine rings is 1. The number of anilines is 1. The van der Waals surface area contributed by atoms with Crippen molar-refractivity contribution in [2.75, 3.05) is 12.4 Å². The summed E-state index contributed by atoms with van der Waals surface area (Å²) in [5, 5.41) is 4.35. The van der Waals surface area contributed by atoms with E-state index in [1.54, 1.807) is 24.7 Å². The maximum absolute atomic E-state index is 13.0. The Hall–Kier alpha value is -3.19. The molecule has 1 amide bonds. The number of rotatable bonds is 4. The van der Waals surface area contributed by atoms with Gasteiger partial charge in [0.25, 0.3) is 5.56 Å². The van der Waals surface area contributed by atoms with Crippen LogP contribution < -0.4 is 15.6 Å². The lowest BCUT2D eigenvalue weighted by atomic mass is 10.0. The van der Waals surface area contributed by atoms with Crippen LogP contribution in [0.5, 0.6) is 5.75 Å². The number of carbonyl (C=O) groups excluding carboxylic acids is 1. The van der Waals surface area contributed by atoms with Gasteiger partial charge < -0.3 is 10.1 Å². The Morgan fingerprint density at radius 3 is 2.63 bits per heavy atom. The van der Waals surface area contributed by atoms with Gasteiger partial charge in [-0.05, 0) is 63.1 Å². The molecule has 4 rings (SSSR count). The van der Waals surface area contributed by atoms with Crippen LogP contribution in [0.2, 0.25) is 0 Å². The number of hydrogen-bond acceptors (Lipinski definition) is 5. The number of hydrogen-bond donors (Lipinski definition) is 1. The summed E-state index contributed by atoms with van der Waals surface area (Å²) in [5.74, 6) is 0.453. The molecule has 4 aromatic rings. The molecule has 1 unspecified atom stereocenters. The van der Waals surface area contributed by atoms with Gasteiger partial charge in [-0.2, -0.15) is 0 Å². The molecule has 0 aliphatic carbocycles. The van der Waals surface area contributed by atoms with E-state index in [9.17, 15) is 9.59 Å². The maximum Gasteiger partial charge on any atom is 0.252 e. The summed E-state index contributed by atoms with van der Waals surface area (Å²) in [7, 11) is 1.61. The second-order valence-corrected chi connectivity index (χ2v) is 8.56. The first-order valence-corrected chi connectivity index (χ1v) is 10.5. The van der Waals surface area contributed by atoms with E-state index >= 15 is 0 Å². The molecule has 7 heteroatoms. The molecule has 0 fully saturated rings. The van der Waals surface area contributed by atoms with Crippen LogP contribution in [0.4, 0.5) is 5.13 Å². The lowest BCUT2D eigenvalue weighted by molar-refractivity contribution is -0.118. The van der Waals surface area contributed by atoms with Crippen LogP contribution >= 0.6 is 11.3 Å². The fourth-order valence-electron chi connectivity index (χ4n) is 3.82. The minimum atomic E-state index is -0.691. The van der Waals surface area contributed by atoms with Crippen LogP contribution in [-0.4, -0.2) is 22.6 Å². The van der Waals surface area contributed by atoms with E-state index in [0.29, 0.717) is 5.13 Å². The zero-order valence-corrected chi connectivity index (χ0v) is 18.4. The summed E-state index contributed by atoms with van der Waals surface area (Å²) in [6, 6.07) is 10.6. The summed E-state index contributed by atoms with van der Waals surface area (Å²) >= 11 is 1.37. The van der Waals surface area contributed by atoms with E-state index in [1.807, 2.05) is 45.0 Å². The second kappa shape index (κ2) is 7.57. The maximum atomic E-state index is 13.0. The van der Waals surface area contributed by atoms with E-state index < -0.39 is 6.04 Å². The Morgan fingerprint density at radius 1 is 1.13 bits per heavy atom. The van der Waals surface area contributed by atoms with Crippen LogP contribution in [-0.2, 0) is 4.79 Å². The smallest absolute Gasteiger partial charge is 0.252 e. The van der Waals surface area contributed by atoms with Gasteiger partial charge in [-0.1, -0.05) is 23.0 Å². The predicted molar refractivity (Wildman–Crippen MR) is 122 cm³/mol. The van der Waals surface area contributed by atoms with Crippen molar-refractivity contribution in [1.29, 1.82) is 0 Å². The molecule has 0 aliphatic heterocycles. The lowest BCUT2D eigenvalue weighted by Gasteiger charge is -2.20. The van der Waals surface area contributed by atoms with E-state index in [0.717, 1.165) is 43.6 Å². The Kier molecular flexibility index (Phi) is 5.07. The van der Waals surface area contributed by atoms with Crippen molar-refractivity contribution >= 4 is 43.5 Å². The Labute approximate surface area is 178 Å². The molecule has 0 saturated carbocycles. The Bertz CT molecular complexity index is 1350. The number of aromatic nitrogens is 2. The van der Waals surface area contributed by atoms with Gasteiger partial charge in [0, 0.05) is 11.5 Å². The van der Waals surface area contributed by atoms with Gasteiger partial charge in [0.1, 0.15) is 11.8 Å². The summed E-state index contributed by atoms with van der Waals surface area (Å²) in [6.45, 7) is 7.66. The number of amides is 1. The second-order valence-electron chi connectivity index (χ2n) is 7.53. The highest BCUT2D eigenvalue weighted by Crippen LogP contribution is 2.30. The molecule has 2 aromatic heterocycles. The third-order valence-electron chi connectivity index (χ3n) is 5.28. The average molecular weight is 422 g/mol. The Morgan fingerprint density at radius 2 is 1.90 bits per heavy atom. The number of nitrogens with zero attached hydrogens (tertiary/aromatic N) is 2. The van der Waals surface area contributed by atoms with Crippen molar-refractivity contribution in [1.82, 2.24) is 9.55 Å². The molecular formula is C23H23N3O3S. The van der Waals surface area contributed by atoms with Gasteiger partial charge in [-0.3, -0.25) is 14.2 Å². The van der Waals surface area contributed by atoms with Gasteiger partial charge in [-0.15, -0.1) is 0 Å². The van der Waals surface area contributed by atoms with E-state index in [2.05, 4.69) is 16.4 Å². The molecule has 0 aliphatic rings. The number of carbonyl (C=O) groups is 1. The van der Waals surface area contributed by atoms with Gasteiger partial charge in [0.05, 0.1) is 22.8 Å². The number of thiazole rings is 1. The van der Waals surface area contributed by atoms with Gasteiger partial charge in [0.2, 0.25) is 5.91 Å². The molecule has 0 spiro atoms. The van der Waals surface area contributed by atoms with Crippen molar-refractivity contribution in [2.45, 2.75) is 33.7 Å². The zero-order valence-electron chi connectivity index (χ0n) is 17.6. The molecule has 0 bridgehead atoms. The Balaban J connectivity index is 1.73. The molecule has 0 saturated heterocycles. The van der Waals surface area contributed by atoms with E-state index in [-0.39, 0.29) is 11.5 Å². The number of fused-ring (bicyclic) bond motifs is 2. The van der Waals surface area contributed by atoms with Gasteiger partial charge in [0.15, 0.2) is 5.13 Å². The summed E-state index contributed by atoms with van der Waals surface area (Å²) < 4.78 is 7.74. The molecule has 30 heavy (non-hydrogen) atoms. The van der Waals surface area contributed by atoms with Crippen molar-refractivity contribution in [3.8, 4) is 5.75 Å². The van der Waals surface area contributed by atoms with Gasteiger partial charge in [-0.25, -0.2) is 4.98 Å². The first-order valence-electron chi connectivity index (χ1n) is 9.67. The predicted octanol–water partition coefficient (Wildman–Crippen LogP) is 4.74. The molecule has 0 radical (unpaired) electrons. The first kappa shape index (κ1) is 20.1. The number of benzene rings is 2. The third kappa shape index (κ3) is 3.45. The monoisotopic (exact) mass is 421 g/mol. The summed E-state index contributed by atoms with van der Waals surface area (Å²) in [4.78, 5) is 30.4. The average Bonchev–Trinajstić information content (AvgIpc) is 3.09. The fraction of sp³-hybridized carbons (Fsp3) is 0.261. The summed E-state index contributed by atoms with van der Waals surface area (Å²) in [5.41, 5.74) is 4.39. The van der Waals surface area contributed by atoms with Crippen LogP contribution in [0, 0.1) is 20.8 Å². The van der Waals surface area contributed by atoms with E-state index in [1.165, 1.54) is 11.3 Å². The number of ether oxygens (including phenoxy) is 1. The molecule has 1 N–H and O–H groups in total. The molecule has 1 atom stereocenters. The largest absolute Gasteiger partial charge is 0.497 e. The standard InChI is InChI=1S/C23H23N3O3S/c1-12-8-14(3)21-17(9-12)13(2)10-20(27)26(21)15(4)22(28)25-23-24-18-7-6-16(29-5)11-19(18)30-23/h6-11,15H,1-5H3,(H,24,25,28). The molecule has 2 heterocycles. The highest BCUT2D eigenvalue weighted by Gasteiger charge is 2.21. The van der Waals surface area contributed by atoms with Crippen molar-refractivity contribution < 1.29 is 9.53 Å². The van der Waals surface area contributed by atoms with E-state index in [4.69, 9.17) is 4.74 Å². The number of methoxy groups -OCH3 is 1. The first-order chi connectivity index (χ1) is 14.3. The molecule has 154 valence electrons. The van der Waals surface area contributed by atoms with Crippen LogP contribution in [0.15, 0.2) is 41.2 Å². The minimum absolute atomic E-state index is 0.191. The lowest BCUT2D eigenvalue weighted by Crippen LogP contribution is -2.32. The van der Waals surface area contributed by atoms with Crippen LogP contribution in [0.1, 0.15) is 29.7 Å². The molecule has 6 nitrogen and oxygen atoms in total. The SMILES string of the molecule is COc1ccc2nc(NC(=O)C(C)n3c(=O)cc(C)c4cc(C)cc(C)c43)sc2c1. The van der Waals surface area contributed by atoms with Crippen LogP contribution in [0.3, 0.4) is 0 Å². The van der Waals surface area contributed by atoms with Crippen molar-refractivity contribution in [2.24, 2.45) is 0 Å². The highest BCUT2D eigenvalue weighted by molar-refractivity contribution is 7.22.